The zero-order valence-corrected chi connectivity index (χ0v) is 9.82. The Morgan fingerprint density at radius 1 is 1.53 bits per heavy atom. The molecule has 1 N–H and O–H groups in total. The molecule has 3 nitrogen and oxygen atoms in total. The van der Waals surface area contributed by atoms with Gasteiger partial charge >= 0.3 is 0 Å². The van der Waals surface area contributed by atoms with Gasteiger partial charge in [0.2, 0.25) is 0 Å². The van der Waals surface area contributed by atoms with Crippen LogP contribution in [0.4, 0.5) is 0 Å². The standard InChI is InChI=1S/C12H21NO2/c1-4-13-12(10(2)5-7-14-3)11-6-8-15-9-11/h6,8-10,12-13H,4-5,7H2,1-3H3. The van der Waals surface area contributed by atoms with Crippen LogP contribution in [0.3, 0.4) is 0 Å². The lowest BCUT2D eigenvalue weighted by Crippen LogP contribution is -2.27. The fourth-order valence-electron chi connectivity index (χ4n) is 1.79. The summed E-state index contributed by atoms with van der Waals surface area (Å²) in [5.74, 6) is 0.544. The molecule has 1 aromatic rings. The average Bonchev–Trinajstić information content (AvgIpc) is 2.75. The summed E-state index contributed by atoms with van der Waals surface area (Å²) in [4.78, 5) is 0. The lowest BCUT2D eigenvalue weighted by molar-refractivity contribution is 0.170. The van der Waals surface area contributed by atoms with Crippen LogP contribution >= 0.6 is 0 Å². The van der Waals surface area contributed by atoms with Crippen LogP contribution in [0.15, 0.2) is 23.0 Å². The van der Waals surface area contributed by atoms with Crippen molar-refractivity contribution < 1.29 is 9.15 Å². The Labute approximate surface area is 91.8 Å². The largest absolute Gasteiger partial charge is 0.472 e. The molecule has 15 heavy (non-hydrogen) atoms. The van der Waals surface area contributed by atoms with Crippen molar-refractivity contribution in [3.63, 3.8) is 0 Å². The highest BCUT2D eigenvalue weighted by molar-refractivity contribution is 5.12. The van der Waals surface area contributed by atoms with Gasteiger partial charge in [0.15, 0.2) is 0 Å². The van der Waals surface area contributed by atoms with Gasteiger partial charge in [-0.05, 0) is 24.9 Å². The van der Waals surface area contributed by atoms with Gasteiger partial charge in [-0.15, -0.1) is 0 Å². The van der Waals surface area contributed by atoms with E-state index in [1.807, 2.05) is 12.3 Å². The molecule has 0 saturated carbocycles. The van der Waals surface area contributed by atoms with Gasteiger partial charge < -0.3 is 14.5 Å². The van der Waals surface area contributed by atoms with Crippen molar-refractivity contribution in [3.8, 4) is 0 Å². The highest BCUT2D eigenvalue weighted by Crippen LogP contribution is 2.24. The number of rotatable bonds is 7. The zero-order valence-electron chi connectivity index (χ0n) is 9.82. The van der Waals surface area contributed by atoms with E-state index in [1.54, 1.807) is 13.4 Å². The summed E-state index contributed by atoms with van der Waals surface area (Å²) in [7, 11) is 1.74. The van der Waals surface area contributed by atoms with Gasteiger partial charge in [0.1, 0.15) is 0 Å². The maximum Gasteiger partial charge on any atom is 0.0950 e. The maximum absolute atomic E-state index is 5.13. The van der Waals surface area contributed by atoms with Crippen LogP contribution in [0.5, 0.6) is 0 Å². The highest BCUT2D eigenvalue weighted by atomic mass is 16.5. The van der Waals surface area contributed by atoms with Crippen molar-refractivity contribution >= 4 is 0 Å². The van der Waals surface area contributed by atoms with Gasteiger partial charge in [0.05, 0.1) is 12.5 Å². The zero-order chi connectivity index (χ0) is 11.1. The van der Waals surface area contributed by atoms with Crippen molar-refractivity contribution in [1.82, 2.24) is 5.32 Å². The minimum Gasteiger partial charge on any atom is -0.472 e. The van der Waals surface area contributed by atoms with Crippen LogP contribution in [0.1, 0.15) is 31.9 Å². The van der Waals surface area contributed by atoms with Crippen LogP contribution in [0, 0.1) is 5.92 Å². The molecular weight excluding hydrogens is 190 g/mol. The first-order chi connectivity index (χ1) is 7.29. The van der Waals surface area contributed by atoms with Gasteiger partial charge in [-0.1, -0.05) is 13.8 Å². The Hall–Kier alpha value is -0.800. The van der Waals surface area contributed by atoms with Gasteiger partial charge in [-0.25, -0.2) is 0 Å². The third kappa shape index (κ3) is 3.68. The Balaban J connectivity index is 2.57. The summed E-state index contributed by atoms with van der Waals surface area (Å²) in [6.45, 7) is 6.13. The van der Waals surface area contributed by atoms with Gasteiger partial charge in [-0.3, -0.25) is 0 Å². The van der Waals surface area contributed by atoms with Crippen LogP contribution in [-0.2, 0) is 4.74 Å². The lowest BCUT2D eigenvalue weighted by Gasteiger charge is -2.23. The predicted octanol–water partition coefficient (Wildman–Crippen LogP) is 2.60. The van der Waals surface area contributed by atoms with E-state index in [2.05, 4.69) is 19.2 Å². The van der Waals surface area contributed by atoms with Gasteiger partial charge in [0, 0.05) is 25.3 Å². The van der Waals surface area contributed by atoms with E-state index in [0.717, 1.165) is 19.6 Å². The van der Waals surface area contributed by atoms with Crippen molar-refractivity contribution in [2.75, 3.05) is 20.3 Å². The molecule has 0 radical (unpaired) electrons. The van der Waals surface area contributed by atoms with E-state index in [4.69, 9.17) is 9.15 Å². The summed E-state index contributed by atoms with van der Waals surface area (Å²) < 4.78 is 10.2. The number of ether oxygens (including phenoxy) is 1. The molecule has 2 unspecified atom stereocenters. The molecular formula is C12H21NO2. The Kier molecular flexibility index (Phi) is 5.43. The SMILES string of the molecule is CCNC(c1ccoc1)C(C)CCOC. The number of methoxy groups -OCH3 is 1. The van der Waals surface area contributed by atoms with E-state index < -0.39 is 0 Å². The average molecular weight is 211 g/mol. The molecule has 0 fully saturated rings. The molecule has 2 atom stereocenters. The molecule has 0 aliphatic carbocycles. The maximum atomic E-state index is 5.13. The molecule has 86 valence electrons. The number of hydrogen-bond donors (Lipinski definition) is 1. The number of nitrogens with one attached hydrogen (secondary N) is 1. The molecule has 3 heteroatoms. The first-order valence-corrected chi connectivity index (χ1v) is 5.54. The van der Waals surface area contributed by atoms with E-state index in [9.17, 15) is 0 Å². The third-order valence-corrected chi connectivity index (χ3v) is 2.67. The van der Waals surface area contributed by atoms with E-state index >= 15 is 0 Å². The summed E-state index contributed by atoms with van der Waals surface area (Å²) in [6.07, 6.45) is 4.60. The van der Waals surface area contributed by atoms with E-state index in [0.29, 0.717) is 12.0 Å². The first-order valence-electron chi connectivity index (χ1n) is 5.54. The molecule has 0 bridgehead atoms. The van der Waals surface area contributed by atoms with Crippen LogP contribution in [0.25, 0.3) is 0 Å². The lowest BCUT2D eigenvalue weighted by atomic mass is 9.94. The summed E-state index contributed by atoms with van der Waals surface area (Å²) >= 11 is 0. The Morgan fingerprint density at radius 3 is 2.87 bits per heavy atom. The number of furan rings is 1. The van der Waals surface area contributed by atoms with E-state index in [1.165, 1.54) is 5.56 Å². The minimum absolute atomic E-state index is 0.365. The molecule has 0 saturated heterocycles. The first kappa shape index (κ1) is 12.3. The Morgan fingerprint density at radius 2 is 2.33 bits per heavy atom. The monoisotopic (exact) mass is 211 g/mol. The summed E-state index contributed by atoms with van der Waals surface area (Å²) in [6, 6.07) is 2.39. The molecule has 0 amide bonds. The van der Waals surface area contributed by atoms with Gasteiger partial charge in [0.25, 0.3) is 0 Å². The van der Waals surface area contributed by atoms with Crippen molar-refractivity contribution in [1.29, 1.82) is 0 Å². The van der Waals surface area contributed by atoms with Crippen LogP contribution in [-0.4, -0.2) is 20.3 Å². The third-order valence-electron chi connectivity index (χ3n) is 2.67. The normalized spacial score (nSPS) is 15.1. The fourth-order valence-corrected chi connectivity index (χ4v) is 1.79. The molecule has 1 aromatic heterocycles. The van der Waals surface area contributed by atoms with Gasteiger partial charge in [-0.2, -0.15) is 0 Å². The highest BCUT2D eigenvalue weighted by Gasteiger charge is 2.18. The van der Waals surface area contributed by atoms with Crippen LogP contribution < -0.4 is 5.32 Å². The minimum atomic E-state index is 0.365. The second kappa shape index (κ2) is 6.64. The van der Waals surface area contributed by atoms with Crippen molar-refractivity contribution in [3.05, 3.63) is 24.2 Å². The smallest absolute Gasteiger partial charge is 0.0950 e. The summed E-state index contributed by atoms with van der Waals surface area (Å²) in [5.41, 5.74) is 1.22. The molecule has 0 aliphatic heterocycles. The number of hydrogen-bond acceptors (Lipinski definition) is 3. The second-order valence-corrected chi connectivity index (χ2v) is 3.85. The van der Waals surface area contributed by atoms with Crippen LogP contribution in [0.2, 0.25) is 0 Å². The fraction of sp³-hybridized carbons (Fsp3) is 0.667. The quantitative estimate of drug-likeness (QED) is 0.752. The Bertz CT molecular complexity index is 246. The van der Waals surface area contributed by atoms with Crippen molar-refractivity contribution in [2.24, 2.45) is 5.92 Å². The molecule has 1 heterocycles. The van der Waals surface area contributed by atoms with Crippen molar-refractivity contribution in [2.45, 2.75) is 26.3 Å². The molecule has 0 aliphatic rings. The topological polar surface area (TPSA) is 34.4 Å². The van der Waals surface area contributed by atoms with E-state index in [-0.39, 0.29) is 0 Å². The summed E-state index contributed by atoms with van der Waals surface area (Å²) in [5, 5.41) is 3.48. The molecule has 0 spiro atoms. The second-order valence-electron chi connectivity index (χ2n) is 3.85. The molecule has 0 aromatic carbocycles. The molecule has 1 rings (SSSR count). The predicted molar refractivity (Wildman–Crippen MR) is 60.8 cm³/mol.